The van der Waals surface area contributed by atoms with Crippen LogP contribution in [0.2, 0.25) is 0 Å². The summed E-state index contributed by atoms with van der Waals surface area (Å²) in [6.45, 7) is 1.65. The van der Waals surface area contributed by atoms with Crippen molar-refractivity contribution in [2.75, 3.05) is 10.6 Å². The van der Waals surface area contributed by atoms with Gasteiger partial charge < -0.3 is 15.4 Å². The Morgan fingerprint density at radius 1 is 0.839 bits per heavy atom. The van der Waals surface area contributed by atoms with Gasteiger partial charge in [0.25, 0.3) is 11.8 Å². The topological polar surface area (TPSA) is 91.2 Å². The van der Waals surface area contributed by atoms with E-state index in [0.29, 0.717) is 22.7 Å². The van der Waals surface area contributed by atoms with Gasteiger partial charge in [0.15, 0.2) is 6.10 Å². The van der Waals surface area contributed by atoms with Crippen LogP contribution in [0.15, 0.2) is 90.5 Å². The van der Waals surface area contributed by atoms with Crippen molar-refractivity contribution in [1.82, 2.24) is 0 Å². The number of anilines is 2. The summed E-state index contributed by atoms with van der Waals surface area (Å²) >= 11 is 0. The second-order valence-corrected chi connectivity index (χ2v) is 6.66. The minimum absolute atomic E-state index is 0.0493. The van der Waals surface area contributed by atoms with Crippen molar-refractivity contribution in [3.05, 3.63) is 96.1 Å². The molecule has 0 aromatic heterocycles. The molecule has 0 saturated carbocycles. The van der Waals surface area contributed by atoms with E-state index in [2.05, 4.69) is 10.6 Å². The van der Waals surface area contributed by atoms with Crippen LogP contribution >= 0.6 is 0 Å². The molecule has 3 rings (SSSR count). The van der Waals surface area contributed by atoms with Crippen LogP contribution in [-0.4, -0.2) is 17.9 Å². The second-order valence-electron chi connectivity index (χ2n) is 6.66. The Kier molecular flexibility index (Phi) is 7.17. The van der Waals surface area contributed by atoms with Gasteiger partial charge in [-0.1, -0.05) is 48.5 Å². The maximum atomic E-state index is 12.9. The molecule has 2 amide bonds. The molecule has 154 valence electrons. The molecule has 0 saturated heterocycles. The number of nitrogens with zero attached hydrogens (tertiary/aromatic N) is 1. The average molecular weight is 411 g/mol. The molecule has 6 heteroatoms. The third-order valence-electron chi connectivity index (χ3n) is 4.24. The summed E-state index contributed by atoms with van der Waals surface area (Å²) in [5.74, 6) is -0.536. The van der Waals surface area contributed by atoms with Gasteiger partial charge in [0.1, 0.15) is 17.4 Å². The molecule has 1 atom stereocenters. The van der Waals surface area contributed by atoms with Crippen molar-refractivity contribution in [2.24, 2.45) is 0 Å². The highest BCUT2D eigenvalue weighted by molar-refractivity contribution is 6.28. The van der Waals surface area contributed by atoms with Crippen molar-refractivity contribution in [2.45, 2.75) is 13.0 Å². The smallest absolute Gasteiger partial charge is 0.261 e. The van der Waals surface area contributed by atoms with Crippen molar-refractivity contribution in [1.29, 1.82) is 5.26 Å². The summed E-state index contributed by atoms with van der Waals surface area (Å²) in [6.07, 6.45) is 0.930. The van der Waals surface area contributed by atoms with Crippen LogP contribution < -0.4 is 15.4 Å². The zero-order valence-electron chi connectivity index (χ0n) is 16.9. The third kappa shape index (κ3) is 6.31. The number of nitrogens with one attached hydrogen (secondary N) is 2. The molecule has 3 aromatic rings. The van der Waals surface area contributed by atoms with Gasteiger partial charge in [-0.15, -0.1) is 0 Å². The zero-order valence-corrected chi connectivity index (χ0v) is 16.9. The minimum atomic E-state index is -0.578. The lowest BCUT2D eigenvalue weighted by atomic mass is 10.1. The molecule has 0 spiro atoms. The summed E-state index contributed by atoms with van der Waals surface area (Å²) in [4.78, 5) is 25.8. The number of carbonyl (C=O) groups is 2. The quantitative estimate of drug-likeness (QED) is 0.337. The molecule has 1 unspecified atom stereocenters. The Bertz CT molecular complexity index is 1050. The van der Waals surface area contributed by atoms with Crippen LogP contribution in [0.25, 0.3) is 6.08 Å². The van der Waals surface area contributed by atoms with Crippen LogP contribution in [0.1, 0.15) is 12.5 Å². The van der Waals surface area contributed by atoms with Gasteiger partial charge in [-0.25, -0.2) is 0 Å². The lowest BCUT2D eigenvalue weighted by Crippen LogP contribution is -2.25. The largest absolute Gasteiger partial charge is 0.476 e. The number of rotatable bonds is 7. The summed E-state index contributed by atoms with van der Waals surface area (Å²) in [5.41, 5.74) is 1.76. The first-order valence-corrected chi connectivity index (χ1v) is 9.66. The maximum absolute atomic E-state index is 12.9. The van der Waals surface area contributed by atoms with Crippen LogP contribution in [0.3, 0.4) is 0 Å². The lowest BCUT2D eigenvalue weighted by Gasteiger charge is -2.11. The molecule has 2 N–H and O–H groups in total. The molecule has 0 aliphatic heterocycles. The molecule has 0 heterocycles. The Balaban J connectivity index is 1.86. The second kappa shape index (κ2) is 10.4. The summed E-state index contributed by atoms with van der Waals surface area (Å²) < 4.78 is 5.44. The van der Waals surface area contributed by atoms with Crippen molar-refractivity contribution in [3.63, 3.8) is 0 Å². The van der Waals surface area contributed by atoms with E-state index in [1.165, 1.54) is 6.08 Å². The van der Waals surface area contributed by atoms with Gasteiger partial charge in [-0.3, -0.25) is 9.59 Å². The van der Waals surface area contributed by atoms with Crippen LogP contribution in [0.4, 0.5) is 11.4 Å². The Labute approximate surface area is 180 Å². The number of hydrogen-bond donors (Lipinski definition) is 2. The molecule has 0 bridgehead atoms. The highest BCUT2D eigenvalue weighted by Gasteiger charge is 2.19. The average Bonchev–Trinajstić information content (AvgIpc) is 2.79. The fraction of sp³-hybridized carbons (Fsp3) is 0.0800. The standard InChI is InChI=1S/C25H21N3O3/c1-18(17-26)31-22-14-12-19(13-15-22)16-23(24(29)27-20-8-4-2-5-9-20)25(30)28-21-10-6-3-7-11-21/h2-16,18H,1H3,(H,27,29)(H,28,30). The first kappa shape index (κ1) is 21.3. The Morgan fingerprint density at radius 3 is 1.77 bits per heavy atom. The van der Waals surface area contributed by atoms with E-state index < -0.39 is 17.9 Å². The van der Waals surface area contributed by atoms with Gasteiger partial charge in [-0.05, 0) is 55.0 Å². The maximum Gasteiger partial charge on any atom is 0.261 e. The number of ether oxygens (including phenoxy) is 1. The fourth-order valence-corrected chi connectivity index (χ4v) is 2.71. The number of carbonyl (C=O) groups excluding carboxylic acids is 2. The SMILES string of the molecule is CC(C#N)Oc1ccc(C=C(C(=O)Nc2ccccc2)C(=O)Nc2ccccc2)cc1. The number of amides is 2. The molecular weight excluding hydrogens is 390 g/mol. The summed E-state index contributed by atoms with van der Waals surface area (Å²) in [6, 6.07) is 26.6. The summed E-state index contributed by atoms with van der Waals surface area (Å²) in [7, 11) is 0. The molecule has 0 aliphatic rings. The number of para-hydroxylation sites is 2. The first-order valence-electron chi connectivity index (χ1n) is 9.66. The van der Waals surface area contributed by atoms with E-state index in [-0.39, 0.29) is 5.57 Å². The van der Waals surface area contributed by atoms with Gasteiger partial charge in [-0.2, -0.15) is 5.26 Å². The third-order valence-corrected chi connectivity index (χ3v) is 4.24. The predicted octanol–water partition coefficient (Wildman–Crippen LogP) is 4.64. The first-order chi connectivity index (χ1) is 15.0. The molecule has 6 nitrogen and oxygen atoms in total. The highest BCUT2D eigenvalue weighted by Crippen LogP contribution is 2.18. The Hall–Kier alpha value is -4.37. The zero-order chi connectivity index (χ0) is 22.1. The van der Waals surface area contributed by atoms with Crippen molar-refractivity contribution in [3.8, 4) is 11.8 Å². The van der Waals surface area contributed by atoms with E-state index >= 15 is 0 Å². The summed E-state index contributed by atoms with van der Waals surface area (Å²) in [5, 5.41) is 14.4. The van der Waals surface area contributed by atoms with Gasteiger partial charge in [0.2, 0.25) is 0 Å². The number of hydrogen-bond acceptors (Lipinski definition) is 4. The van der Waals surface area contributed by atoms with Crippen molar-refractivity contribution < 1.29 is 14.3 Å². The molecule has 3 aromatic carbocycles. The lowest BCUT2D eigenvalue weighted by molar-refractivity contribution is -0.118. The molecule has 31 heavy (non-hydrogen) atoms. The van der Waals surface area contributed by atoms with E-state index in [1.54, 1.807) is 79.7 Å². The van der Waals surface area contributed by atoms with Crippen LogP contribution in [0, 0.1) is 11.3 Å². The number of nitriles is 1. The fourth-order valence-electron chi connectivity index (χ4n) is 2.71. The predicted molar refractivity (Wildman–Crippen MR) is 120 cm³/mol. The Morgan fingerprint density at radius 2 is 1.32 bits per heavy atom. The molecule has 0 radical (unpaired) electrons. The van der Waals surface area contributed by atoms with Gasteiger partial charge in [0.05, 0.1) is 0 Å². The normalized spacial score (nSPS) is 10.8. The van der Waals surface area contributed by atoms with E-state index in [4.69, 9.17) is 10.00 Å². The monoisotopic (exact) mass is 411 g/mol. The van der Waals surface area contributed by atoms with E-state index in [0.717, 1.165) is 0 Å². The minimum Gasteiger partial charge on any atom is -0.476 e. The van der Waals surface area contributed by atoms with E-state index in [1.807, 2.05) is 18.2 Å². The van der Waals surface area contributed by atoms with Gasteiger partial charge in [0, 0.05) is 11.4 Å². The van der Waals surface area contributed by atoms with Gasteiger partial charge >= 0.3 is 0 Å². The van der Waals surface area contributed by atoms with Crippen LogP contribution in [-0.2, 0) is 9.59 Å². The van der Waals surface area contributed by atoms with Crippen molar-refractivity contribution >= 4 is 29.3 Å². The molecule has 0 aliphatic carbocycles. The van der Waals surface area contributed by atoms with Crippen LogP contribution in [0.5, 0.6) is 5.75 Å². The number of benzene rings is 3. The van der Waals surface area contributed by atoms with E-state index in [9.17, 15) is 9.59 Å². The molecule has 0 fully saturated rings. The molecular formula is C25H21N3O3. The highest BCUT2D eigenvalue weighted by atomic mass is 16.5.